The number of likely N-dealkylation sites (tertiary alicyclic amines) is 1. The summed E-state index contributed by atoms with van der Waals surface area (Å²) in [5.74, 6) is -0.671. The molecule has 0 unspecified atom stereocenters. The lowest BCUT2D eigenvalue weighted by molar-refractivity contribution is -0.127. The molecule has 1 fully saturated rings. The summed E-state index contributed by atoms with van der Waals surface area (Å²) in [5, 5.41) is 5.33. The van der Waals surface area contributed by atoms with Gasteiger partial charge in [0.2, 0.25) is 11.7 Å². The van der Waals surface area contributed by atoms with Crippen LogP contribution in [0.1, 0.15) is 18.9 Å². The molecule has 2 aromatic heterocycles. The van der Waals surface area contributed by atoms with Crippen molar-refractivity contribution in [2.75, 3.05) is 20.2 Å². The van der Waals surface area contributed by atoms with Crippen LogP contribution in [0.2, 0.25) is 0 Å². The predicted molar refractivity (Wildman–Crippen MR) is 131 cm³/mol. The minimum atomic E-state index is -0.591. The molecule has 1 atom stereocenters. The number of ether oxygens (including phenoxy) is 2. The standard InChI is InChI=1S/C27H24F2N4O3/c1-3-24(34)32-13-5-6-18(16-32)33-27-20(14-30-15-21(27)28)26(31-33)17-9-11-19(12-10-17)36-23-8-4-7-22(35-2)25(23)29/h3-4,7-12,14-15,18H,1,5-6,13,16H2,2H3/t18-/m1/s1. The van der Waals surface area contributed by atoms with Gasteiger partial charge < -0.3 is 14.4 Å². The molecule has 0 bridgehead atoms. The largest absolute Gasteiger partial charge is 0.494 e. The molecule has 4 aromatic rings. The summed E-state index contributed by atoms with van der Waals surface area (Å²) < 4.78 is 41.8. The number of rotatable bonds is 6. The Morgan fingerprint density at radius 2 is 1.92 bits per heavy atom. The number of aromatic nitrogens is 3. The predicted octanol–water partition coefficient (Wildman–Crippen LogP) is 5.53. The summed E-state index contributed by atoms with van der Waals surface area (Å²) in [4.78, 5) is 17.9. The fourth-order valence-corrected chi connectivity index (χ4v) is 4.54. The van der Waals surface area contributed by atoms with E-state index in [4.69, 9.17) is 14.6 Å². The molecule has 2 aromatic carbocycles. The van der Waals surface area contributed by atoms with Gasteiger partial charge in [-0.15, -0.1) is 0 Å². The summed E-state index contributed by atoms with van der Waals surface area (Å²) in [6, 6.07) is 11.4. The Hall–Kier alpha value is -4.27. The zero-order chi connectivity index (χ0) is 25.2. The Morgan fingerprint density at radius 1 is 1.14 bits per heavy atom. The first-order valence-electron chi connectivity index (χ1n) is 11.5. The lowest BCUT2D eigenvalue weighted by atomic mass is 10.1. The molecule has 3 heterocycles. The second-order valence-corrected chi connectivity index (χ2v) is 8.49. The van der Waals surface area contributed by atoms with Crippen molar-refractivity contribution >= 4 is 16.8 Å². The van der Waals surface area contributed by atoms with Crippen molar-refractivity contribution in [3.8, 4) is 28.5 Å². The fourth-order valence-electron chi connectivity index (χ4n) is 4.54. The monoisotopic (exact) mass is 490 g/mol. The second-order valence-electron chi connectivity index (χ2n) is 8.49. The summed E-state index contributed by atoms with van der Waals surface area (Å²) in [6.45, 7) is 4.62. The van der Waals surface area contributed by atoms with Gasteiger partial charge >= 0.3 is 0 Å². The Labute approximate surface area is 206 Å². The highest BCUT2D eigenvalue weighted by Crippen LogP contribution is 2.35. The maximum absolute atomic E-state index is 15.0. The van der Waals surface area contributed by atoms with Gasteiger partial charge in [-0.3, -0.25) is 14.5 Å². The molecule has 0 saturated carbocycles. The van der Waals surface area contributed by atoms with E-state index < -0.39 is 11.6 Å². The molecule has 1 aliphatic heterocycles. The van der Waals surface area contributed by atoms with Crippen LogP contribution in [0.4, 0.5) is 8.78 Å². The first-order chi connectivity index (χ1) is 17.5. The van der Waals surface area contributed by atoms with Gasteiger partial charge in [-0.1, -0.05) is 12.6 Å². The summed E-state index contributed by atoms with van der Waals surface area (Å²) in [6.07, 6.45) is 5.58. The van der Waals surface area contributed by atoms with Gasteiger partial charge in [0.05, 0.1) is 19.3 Å². The van der Waals surface area contributed by atoms with Crippen LogP contribution >= 0.6 is 0 Å². The zero-order valence-corrected chi connectivity index (χ0v) is 19.7. The first-order valence-corrected chi connectivity index (χ1v) is 11.5. The topological polar surface area (TPSA) is 69.5 Å². The quantitative estimate of drug-likeness (QED) is 0.333. The van der Waals surface area contributed by atoms with E-state index in [1.54, 1.807) is 46.1 Å². The molecule has 0 aliphatic carbocycles. The highest BCUT2D eigenvalue weighted by molar-refractivity contribution is 5.93. The number of carbonyl (C=O) groups is 1. The van der Waals surface area contributed by atoms with Gasteiger partial charge in [-0.25, -0.2) is 4.39 Å². The average molecular weight is 491 g/mol. The Kier molecular flexibility index (Phi) is 6.37. The van der Waals surface area contributed by atoms with E-state index in [2.05, 4.69) is 11.6 Å². The molecule has 1 amide bonds. The maximum Gasteiger partial charge on any atom is 0.246 e. The Morgan fingerprint density at radius 3 is 2.67 bits per heavy atom. The van der Waals surface area contributed by atoms with Crippen LogP contribution < -0.4 is 9.47 Å². The Bertz CT molecular complexity index is 1440. The van der Waals surface area contributed by atoms with Gasteiger partial charge in [-0.05, 0) is 55.3 Å². The van der Waals surface area contributed by atoms with Crippen LogP contribution in [0.3, 0.4) is 0 Å². The number of hydrogen-bond acceptors (Lipinski definition) is 5. The van der Waals surface area contributed by atoms with Crippen molar-refractivity contribution in [1.29, 1.82) is 0 Å². The zero-order valence-electron chi connectivity index (χ0n) is 19.7. The number of methoxy groups -OCH3 is 1. The number of halogens is 2. The molecular weight excluding hydrogens is 466 g/mol. The lowest BCUT2D eigenvalue weighted by Gasteiger charge is -2.32. The maximum atomic E-state index is 15.0. The molecule has 0 N–H and O–H groups in total. The van der Waals surface area contributed by atoms with Crippen LogP contribution in [0.25, 0.3) is 22.2 Å². The third kappa shape index (κ3) is 4.28. The molecular formula is C27H24F2N4O3. The van der Waals surface area contributed by atoms with Crippen molar-refractivity contribution in [1.82, 2.24) is 19.7 Å². The summed E-state index contributed by atoms with van der Waals surface area (Å²) >= 11 is 0. The average Bonchev–Trinajstić information content (AvgIpc) is 3.31. The van der Waals surface area contributed by atoms with Gasteiger partial charge in [0.1, 0.15) is 17.0 Å². The minimum absolute atomic E-state index is 0.0408. The van der Waals surface area contributed by atoms with Crippen LogP contribution in [-0.2, 0) is 4.79 Å². The smallest absolute Gasteiger partial charge is 0.246 e. The lowest BCUT2D eigenvalue weighted by Crippen LogP contribution is -2.40. The van der Waals surface area contributed by atoms with E-state index in [0.717, 1.165) is 18.4 Å². The number of fused-ring (bicyclic) bond motifs is 1. The van der Waals surface area contributed by atoms with E-state index in [1.807, 2.05) is 0 Å². The molecule has 36 heavy (non-hydrogen) atoms. The molecule has 9 heteroatoms. The van der Waals surface area contributed by atoms with E-state index in [0.29, 0.717) is 35.4 Å². The van der Waals surface area contributed by atoms with Crippen LogP contribution in [0, 0.1) is 11.6 Å². The summed E-state index contributed by atoms with van der Waals surface area (Å²) in [7, 11) is 1.39. The molecule has 184 valence electrons. The van der Waals surface area contributed by atoms with Gasteiger partial charge in [0.15, 0.2) is 17.3 Å². The SMILES string of the molecule is C=CC(=O)N1CCC[C@@H](n2nc(-c3ccc(Oc4cccc(OC)c4F)cc3)c3cncc(F)c32)C1. The molecule has 5 rings (SSSR count). The summed E-state index contributed by atoms with van der Waals surface area (Å²) in [5.41, 5.74) is 1.62. The first kappa shape index (κ1) is 23.5. The number of amides is 1. The number of nitrogens with zero attached hydrogens (tertiary/aromatic N) is 4. The van der Waals surface area contributed by atoms with Crippen LogP contribution in [0.15, 0.2) is 67.5 Å². The third-order valence-electron chi connectivity index (χ3n) is 6.30. The third-order valence-corrected chi connectivity index (χ3v) is 6.30. The number of carbonyl (C=O) groups excluding carboxylic acids is 1. The molecule has 1 saturated heterocycles. The van der Waals surface area contributed by atoms with Gasteiger partial charge in [0.25, 0.3) is 0 Å². The number of piperidine rings is 1. The normalized spacial score (nSPS) is 15.6. The minimum Gasteiger partial charge on any atom is -0.494 e. The van der Waals surface area contributed by atoms with Crippen molar-refractivity contribution in [2.24, 2.45) is 0 Å². The highest BCUT2D eigenvalue weighted by Gasteiger charge is 2.28. The van der Waals surface area contributed by atoms with Crippen LogP contribution in [-0.4, -0.2) is 45.8 Å². The number of pyridine rings is 1. The number of benzene rings is 2. The molecule has 1 aliphatic rings. The molecule has 7 nitrogen and oxygen atoms in total. The van der Waals surface area contributed by atoms with Gasteiger partial charge in [-0.2, -0.15) is 9.49 Å². The number of hydrogen-bond donors (Lipinski definition) is 0. The van der Waals surface area contributed by atoms with Crippen LogP contribution in [0.5, 0.6) is 17.2 Å². The van der Waals surface area contributed by atoms with Crippen molar-refractivity contribution < 1.29 is 23.0 Å². The fraction of sp³-hybridized carbons (Fsp3) is 0.222. The molecule has 0 radical (unpaired) electrons. The van der Waals surface area contributed by atoms with Crippen molar-refractivity contribution in [3.63, 3.8) is 0 Å². The van der Waals surface area contributed by atoms with E-state index >= 15 is 0 Å². The second kappa shape index (κ2) is 9.77. The van der Waals surface area contributed by atoms with E-state index in [-0.39, 0.29) is 23.4 Å². The van der Waals surface area contributed by atoms with E-state index in [1.165, 1.54) is 31.5 Å². The highest BCUT2D eigenvalue weighted by atomic mass is 19.1. The van der Waals surface area contributed by atoms with Crippen molar-refractivity contribution in [3.05, 3.63) is 79.1 Å². The Balaban J connectivity index is 1.48. The van der Waals surface area contributed by atoms with Gasteiger partial charge in [0, 0.05) is 30.2 Å². The van der Waals surface area contributed by atoms with Crippen molar-refractivity contribution in [2.45, 2.75) is 18.9 Å². The van der Waals surface area contributed by atoms with E-state index in [9.17, 15) is 13.6 Å². The molecule has 0 spiro atoms.